The van der Waals surface area contributed by atoms with Crippen LogP contribution in [0.3, 0.4) is 0 Å². The van der Waals surface area contributed by atoms with Crippen molar-refractivity contribution in [2.75, 3.05) is 0 Å². The molecule has 61 heavy (non-hydrogen) atoms. The lowest BCUT2D eigenvalue weighted by Gasteiger charge is -2.17. The molecule has 0 aliphatic heterocycles. The molecule has 4 heteroatoms. The molecule has 10 aromatic carbocycles. The summed E-state index contributed by atoms with van der Waals surface area (Å²) in [7, 11) is 0. The topological polar surface area (TPSA) is 43.6 Å². The van der Waals surface area contributed by atoms with Crippen molar-refractivity contribution in [2.45, 2.75) is 0 Å². The van der Waals surface area contributed by atoms with Gasteiger partial charge >= 0.3 is 0 Å². The van der Waals surface area contributed by atoms with E-state index in [1.807, 2.05) is 103 Å². The number of nitrogens with zero attached hydrogens (tertiary/aromatic N) is 4. The molecule has 2 heterocycles. The van der Waals surface area contributed by atoms with Crippen molar-refractivity contribution in [3.8, 4) is 62.1 Å². The first-order chi connectivity index (χ1) is 35.2. The van der Waals surface area contributed by atoms with Gasteiger partial charge in [0.1, 0.15) is 0 Å². The van der Waals surface area contributed by atoms with E-state index in [4.69, 9.17) is 24.5 Å². The van der Waals surface area contributed by atoms with Crippen LogP contribution in [0, 0.1) is 0 Å². The van der Waals surface area contributed by atoms with Gasteiger partial charge in [0.15, 0.2) is 17.5 Å². The summed E-state index contributed by atoms with van der Waals surface area (Å²) in [5.74, 6) is 0.831. The van der Waals surface area contributed by atoms with Gasteiger partial charge in [-0.15, -0.1) is 0 Å². The highest BCUT2D eigenvalue weighted by Gasteiger charge is 2.21. The van der Waals surface area contributed by atoms with Crippen LogP contribution >= 0.6 is 0 Å². The van der Waals surface area contributed by atoms with Crippen LogP contribution in [0.15, 0.2) is 218 Å². The molecule has 12 aromatic rings. The summed E-state index contributed by atoms with van der Waals surface area (Å²) >= 11 is 0. The molecule has 0 spiro atoms. The number of hydrogen-bond donors (Lipinski definition) is 0. The maximum Gasteiger partial charge on any atom is 0.166 e. The minimum atomic E-state index is -0.703. The predicted octanol–water partition coefficient (Wildman–Crippen LogP) is 14.8. The van der Waals surface area contributed by atoms with E-state index in [1.165, 1.54) is 4.57 Å². The van der Waals surface area contributed by atoms with Crippen LogP contribution in [-0.4, -0.2) is 19.5 Å². The van der Waals surface area contributed by atoms with Crippen molar-refractivity contribution in [3.63, 3.8) is 0 Å². The van der Waals surface area contributed by atoms with Gasteiger partial charge in [-0.1, -0.05) is 182 Å². The molecule has 0 amide bonds. The highest BCUT2D eigenvalue weighted by molar-refractivity contribution is 6.25. The van der Waals surface area contributed by atoms with Crippen LogP contribution in [0.2, 0.25) is 0 Å². The highest BCUT2D eigenvalue weighted by atomic mass is 15.1. The van der Waals surface area contributed by atoms with Gasteiger partial charge in [-0.3, -0.25) is 0 Å². The number of para-hydroxylation sites is 1. The summed E-state index contributed by atoms with van der Waals surface area (Å²) in [4.78, 5) is 15.2. The zero-order valence-electron chi connectivity index (χ0n) is 44.1. The average molecular weight is 789 g/mol. The van der Waals surface area contributed by atoms with Gasteiger partial charge in [0, 0.05) is 27.5 Å². The lowest BCUT2D eigenvalue weighted by Crippen LogP contribution is -2.04. The fourth-order valence-corrected chi connectivity index (χ4v) is 8.36. The first kappa shape index (κ1) is 24.7. The Balaban J connectivity index is 1.22. The molecule has 0 atom stereocenters. The molecule has 0 unspecified atom stereocenters. The monoisotopic (exact) mass is 788 g/mol. The smallest absolute Gasteiger partial charge is 0.166 e. The van der Waals surface area contributed by atoms with Gasteiger partial charge < -0.3 is 4.57 Å². The van der Waals surface area contributed by atoms with Crippen molar-refractivity contribution in [3.05, 3.63) is 218 Å². The quantitative estimate of drug-likeness (QED) is 0.158. The number of hydrogen-bond acceptors (Lipinski definition) is 3. The fraction of sp³-hybridized carbons (Fsp3) is 0. The lowest BCUT2D eigenvalue weighted by atomic mass is 9.91. The van der Waals surface area contributed by atoms with E-state index in [0.29, 0.717) is 28.3 Å². The van der Waals surface area contributed by atoms with Gasteiger partial charge in [-0.05, 0) is 90.9 Å². The molecule has 0 aliphatic carbocycles. The molecule has 0 saturated heterocycles. The van der Waals surface area contributed by atoms with Crippen molar-refractivity contribution in [1.29, 1.82) is 0 Å². The molecule has 0 saturated carbocycles. The standard InChI is InChI=1S/C57H36N4/c1-4-16-37(17-5-1)40-29-32-53-50(35-40)48-26-14-15-27-52(48)61(53)54-33-30-42(41-28-31-47-45-24-11-10-22-43(45)44-23-12-13-25-46(44)49(47)34-41)36-51(54)57-59-55(38-18-6-2-7-19-38)58-56(60-57)39-20-8-3-9-21-39/h1-36H/i1D,4D,5D,14D,15D,16D,17D,26D,27D,29D,32D,35D. The van der Waals surface area contributed by atoms with Crippen molar-refractivity contribution < 1.29 is 16.4 Å². The predicted molar refractivity (Wildman–Crippen MR) is 254 cm³/mol. The molecule has 4 nitrogen and oxygen atoms in total. The van der Waals surface area contributed by atoms with Crippen LogP contribution in [0.4, 0.5) is 0 Å². The molecule has 12 rings (SSSR count). The summed E-state index contributed by atoms with van der Waals surface area (Å²) < 4.78 is 110. The van der Waals surface area contributed by atoms with Gasteiger partial charge in [0.25, 0.3) is 0 Å². The van der Waals surface area contributed by atoms with Gasteiger partial charge in [0.05, 0.1) is 33.2 Å². The van der Waals surface area contributed by atoms with E-state index in [9.17, 15) is 6.85 Å². The van der Waals surface area contributed by atoms with E-state index in [1.54, 1.807) is 6.07 Å². The summed E-state index contributed by atoms with van der Waals surface area (Å²) in [6, 6.07) is 39.6. The Bertz CT molecular complexity index is 4230. The Morgan fingerprint density at radius 2 is 0.852 bits per heavy atom. The largest absolute Gasteiger partial charge is 0.309 e. The minimum Gasteiger partial charge on any atom is -0.309 e. The molecule has 0 N–H and O–H groups in total. The second-order valence-electron chi connectivity index (χ2n) is 14.7. The summed E-state index contributed by atoms with van der Waals surface area (Å²) in [6.07, 6.45) is 0. The second kappa shape index (κ2) is 14.3. The Morgan fingerprint density at radius 1 is 0.328 bits per heavy atom. The van der Waals surface area contributed by atoms with Gasteiger partial charge in [-0.2, -0.15) is 0 Å². The van der Waals surface area contributed by atoms with E-state index >= 15 is 0 Å². The number of rotatable bonds is 6. The molecule has 0 bridgehead atoms. The number of fused-ring (bicyclic) bond motifs is 9. The third-order valence-electron chi connectivity index (χ3n) is 11.2. The molecule has 2 aromatic heterocycles. The summed E-state index contributed by atoms with van der Waals surface area (Å²) in [6.45, 7) is 0. The van der Waals surface area contributed by atoms with E-state index in [0.717, 1.165) is 43.4 Å². The normalized spacial score (nSPS) is 14.4. The number of aromatic nitrogens is 4. The molecule has 0 aliphatic rings. The van der Waals surface area contributed by atoms with Crippen LogP contribution in [0.5, 0.6) is 0 Å². The van der Waals surface area contributed by atoms with Crippen LogP contribution in [0.25, 0.3) is 116 Å². The first-order valence-corrected chi connectivity index (χ1v) is 19.7. The molecule has 0 radical (unpaired) electrons. The molecular formula is C57H36N4. The van der Waals surface area contributed by atoms with Gasteiger partial charge in [0.2, 0.25) is 0 Å². The zero-order chi connectivity index (χ0) is 50.7. The lowest BCUT2D eigenvalue weighted by molar-refractivity contribution is 1.06. The van der Waals surface area contributed by atoms with Crippen molar-refractivity contribution in [1.82, 2.24) is 19.5 Å². The molecule has 0 fully saturated rings. The highest BCUT2D eigenvalue weighted by Crippen LogP contribution is 2.41. The summed E-state index contributed by atoms with van der Waals surface area (Å²) in [5.41, 5.74) is 2.30. The third kappa shape index (κ3) is 5.88. The molecular weight excluding hydrogens is 741 g/mol. The Hall–Kier alpha value is -8.21. The Labute approximate surface area is 369 Å². The summed E-state index contributed by atoms with van der Waals surface area (Å²) in [5, 5.41) is 6.14. The minimum absolute atomic E-state index is 0.126. The average Bonchev–Trinajstić information content (AvgIpc) is 3.80. The van der Waals surface area contributed by atoms with Crippen LogP contribution in [0.1, 0.15) is 16.4 Å². The van der Waals surface area contributed by atoms with E-state index in [-0.39, 0.29) is 33.3 Å². The van der Waals surface area contributed by atoms with Crippen molar-refractivity contribution in [2.24, 2.45) is 0 Å². The SMILES string of the molecule is [2H]c1c([2H])c([2H])c(-c2c([2H])c([2H])c3c(c2[2H])c2c([2H])c([2H])c([2H])c([2H])c2n3-c2ccc(-c3ccc4c5ccccc5c5ccccc5c4c3)cc2-c2nc(-c3ccccc3)nc(-c3ccccc3)n2)c([2H])c1[2H]. The van der Waals surface area contributed by atoms with Crippen LogP contribution in [-0.2, 0) is 0 Å². The van der Waals surface area contributed by atoms with E-state index in [2.05, 4.69) is 36.4 Å². The van der Waals surface area contributed by atoms with Crippen molar-refractivity contribution >= 4 is 54.1 Å². The van der Waals surface area contributed by atoms with Crippen LogP contribution < -0.4 is 0 Å². The maximum absolute atomic E-state index is 9.80. The Kier molecular flexibility index (Phi) is 5.76. The Morgan fingerprint density at radius 3 is 1.52 bits per heavy atom. The second-order valence-corrected chi connectivity index (χ2v) is 14.7. The molecule has 284 valence electrons. The van der Waals surface area contributed by atoms with E-state index < -0.39 is 83.6 Å². The maximum atomic E-state index is 9.80. The fourth-order valence-electron chi connectivity index (χ4n) is 8.36. The zero-order valence-corrected chi connectivity index (χ0v) is 32.1. The third-order valence-corrected chi connectivity index (χ3v) is 11.2. The number of benzene rings is 10. The first-order valence-electron chi connectivity index (χ1n) is 25.7. The van der Waals surface area contributed by atoms with Gasteiger partial charge in [-0.25, -0.2) is 15.0 Å².